The van der Waals surface area contributed by atoms with Crippen LogP contribution in [-0.4, -0.2) is 27.4 Å². The molecule has 0 spiro atoms. The molecule has 0 aromatic heterocycles. The molecule has 0 amide bonds. The summed E-state index contributed by atoms with van der Waals surface area (Å²) in [6.45, 7) is 2.83. The Bertz CT molecular complexity index is 207. The van der Waals surface area contributed by atoms with E-state index in [0.717, 1.165) is 19.3 Å². The Hall–Kier alpha value is 0.160. The van der Waals surface area contributed by atoms with Gasteiger partial charge in [0.25, 0.3) is 10.2 Å². The summed E-state index contributed by atoms with van der Waals surface area (Å²) in [5, 5.41) is 0. The third-order valence-electron chi connectivity index (χ3n) is 1.46. The zero-order valence-electron chi connectivity index (χ0n) is 7.85. The summed E-state index contributed by atoms with van der Waals surface area (Å²) >= 11 is 5.34. The van der Waals surface area contributed by atoms with Crippen LogP contribution in [0.2, 0.25) is 0 Å². The van der Waals surface area contributed by atoms with Crippen molar-refractivity contribution in [2.45, 2.75) is 26.2 Å². The van der Waals surface area contributed by atoms with Gasteiger partial charge in [-0.05, 0) is 6.42 Å². The molecule has 80 valence electrons. The highest BCUT2D eigenvalue weighted by Gasteiger charge is 2.05. The predicted molar refractivity (Wildman–Crippen MR) is 55.2 cm³/mol. The topological polar surface area (TPSA) is 58.2 Å². The van der Waals surface area contributed by atoms with Crippen LogP contribution in [-0.2, 0) is 10.2 Å². The molecule has 4 nitrogen and oxygen atoms in total. The third kappa shape index (κ3) is 8.49. The van der Waals surface area contributed by atoms with E-state index in [1.54, 1.807) is 0 Å². The van der Waals surface area contributed by atoms with Gasteiger partial charge >= 0.3 is 0 Å². The first kappa shape index (κ1) is 13.2. The number of halogens is 1. The van der Waals surface area contributed by atoms with Gasteiger partial charge in [-0.15, -0.1) is 11.6 Å². The van der Waals surface area contributed by atoms with E-state index in [9.17, 15) is 8.42 Å². The van der Waals surface area contributed by atoms with Gasteiger partial charge in [0.15, 0.2) is 0 Å². The van der Waals surface area contributed by atoms with Crippen LogP contribution < -0.4 is 9.44 Å². The molecule has 0 aliphatic rings. The Balaban J connectivity index is 3.52. The molecule has 6 heteroatoms. The molecule has 0 aromatic rings. The maximum absolute atomic E-state index is 11.1. The molecule has 0 unspecified atom stereocenters. The van der Waals surface area contributed by atoms with E-state index in [4.69, 9.17) is 11.6 Å². The molecule has 2 N–H and O–H groups in total. The standard InChI is InChI=1S/C7H17ClN2O2S/c1-2-3-4-6-9-13(11,12)10-7-5-8/h9-10H,2-7H2,1H3. The van der Waals surface area contributed by atoms with Crippen molar-refractivity contribution in [2.75, 3.05) is 19.0 Å². The molecule has 0 saturated heterocycles. The fraction of sp³-hybridized carbons (Fsp3) is 1.00. The van der Waals surface area contributed by atoms with Crippen LogP contribution in [0, 0.1) is 0 Å². The van der Waals surface area contributed by atoms with Crippen molar-refractivity contribution in [3.05, 3.63) is 0 Å². The Morgan fingerprint density at radius 2 is 1.77 bits per heavy atom. The second-order valence-corrected chi connectivity index (χ2v) is 4.65. The molecule has 0 aromatic carbocycles. The average molecular weight is 229 g/mol. The highest BCUT2D eigenvalue weighted by atomic mass is 35.5. The van der Waals surface area contributed by atoms with Crippen LogP contribution in [0.5, 0.6) is 0 Å². The van der Waals surface area contributed by atoms with Crippen LogP contribution in [0.1, 0.15) is 26.2 Å². The van der Waals surface area contributed by atoms with Crippen LogP contribution in [0.25, 0.3) is 0 Å². The summed E-state index contributed by atoms with van der Waals surface area (Å²) in [7, 11) is -3.31. The Kier molecular flexibility index (Phi) is 7.65. The van der Waals surface area contributed by atoms with E-state index in [2.05, 4.69) is 16.4 Å². The van der Waals surface area contributed by atoms with E-state index < -0.39 is 10.2 Å². The molecule has 13 heavy (non-hydrogen) atoms. The van der Waals surface area contributed by atoms with E-state index in [0.29, 0.717) is 6.54 Å². The van der Waals surface area contributed by atoms with Gasteiger partial charge in [0, 0.05) is 19.0 Å². The number of nitrogens with one attached hydrogen (secondary N) is 2. The van der Waals surface area contributed by atoms with Crippen molar-refractivity contribution in [3.63, 3.8) is 0 Å². The Morgan fingerprint density at radius 3 is 2.31 bits per heavy atom. The first-order chi connectivity index (χ1) is 6.12. The van der Waals surface area contributed by atoms with E-state index >= 15 is 0 Å². The lowest BCUT2D eigenvalue weighted by Gasteiger charge is -2.05. The van der Waals surface area contributed by atoms with Crippen molar-refractivity contribution in [1.29, 1.82) is 0 Å². The number of rotatable bonds is 8. The summed E-state index contributed by atoms with van der Waals surface area (Å²) in [4.78, 5) is 0. The largest absolute Gasteiger partial charge is 0.276 e. The minimum absolute atomic E-state index is 0.269. The molecular formula is C7H17ClN2O2S. The molecule has 0 aliphatic carbocycles. The molecular weight excluding hydrogens is 212 g/mol. The number of hydrogen-bond donors (Lipinski definition) is 2. The first-order valence-corrected chi connectivity index (χ1v) is 6.44. The lowest BCUT2D eigenvalue weighted by molar-refractivity contribution is 0.564. The summed E-state index contributed by atoms with van der Waals surface area (Å²) in [6, 6.07) is 0. The summed E-state index contributed by atoms with van der Waals surface area (Å²) in [5.74, 6) is 0.288. The smallest absolute Gasteiger partial charge is 0.202 e. The monoisotopic (exact) mass is 228 g/mol. The van der Waals surface area contributed by atoms with Gasteiger partial charge in [-0.1, -0.05) is 19.8 Å². The third-order valence-corrected chi connectivity index (χ3v) is 2.82. The average Bonchev–Trinajstić information content (AvgIpc) is 2.09. The highest BCUT2D eigenvalue weighted by molar-refractivity contribution is 7.87. The van der Waals surface area contributed by atoms with Gasteiger partial charge in [-0.2, -0.15) is 8.42 Å². The summed E-state index contributed by atoms with van der Waals surface area (Å²) in [5.41, 5.74) is 0. The molecule has 0 heterocycles. The zero-order chi connectivity index (χ0) is 10.2. The molecule has 0 saturated carbocycles. The molecule has 0 bridgehead atoms. The van der Waals surface area contributed by atoms with Gasteiger partial charge in [-0.25, -0.2) is 9.44 Å². The number of unbranched alkanes of at least 4 members (excludes halogenated alkanes) is 2. The Morgan fingerprint density at radius 1 is 1.15 bits per heavy atom. The molecule has 0 aliphatic heterocycles. The normalized spacial score (nSPS) is 11.8. The second kappa shape index (κ2) is 7.55. The van der Waals surface area contributed by atoms with Gasteiger partial charge in [0.1, 0.15) is 0 Å². The van der Waals surface area contributed by atoms with Gasteiger partial charge in [-0.3, -0.25) is 0 Å². The quantitative estimate of drug-likeness (QED) is 0.478. The lowest BCUT2D eigenvalue weighted by atomic mass is 10.3. The van der Waals surface area contributed by atoms with E-state index in [1.165, 1.54) is 0 Å². The van der Waals surface area contributed by atoms with Gasteiger partial charge < -0.3 is 0 Å². The fourth-order valence-corrected chi connectivity index (χ4v) is 1.90. The van der Waals surface area contributed by atoms with Gasteiger partial charge in [0.05, 0.1) is 0 Å². The predicted octanol–water partition coefficient (Wildman–Crippen LogP) is 0.839. The number of hydrogen-bond acceptors (Lipinski definition) is 2. The molecule has 0 radical (unpaired) electrons. The van der Waals surface area contributed by atoms with E-state index in [-0.39, 0.29) is 12.4 Å². The van der Waals surface area contributed by atoms with Crippen molar-refractivity contribution < 1.29 is 8.42 Å². The summed E-state index contributed by atoms with van der Waals surface area (Å²) < 4.78 is 26.9. The SMILES string of the molecule is CCCCCNS(=O)(=O)NCCCl. The maximum Gasteiger partial charge on any atom is 0.276 e. The van der Waals surface area contributed by atoms with Crippen molar-refractivity contribution in [1.82, 2.24) is 9.44 Å². The molecule has 0 fully saturated rings. The minimum Gasteiger partial charge on any atom is -0.202 e. The fourth-order valence-electron chi connectivity index (χ4n) is 0.806. The second-order valence-electron chi connectivity index (χ2n) is 2.69. The van der Waals surface area contributed by atoms with Crippen LogP contribution >= 0.6 is 11.6 Å². The maximum atomic E-state index is 11.1. The van der Waals surface area contributed by atoms with Crippen molar-refractivity contribution >= 4 is 21.8 Å². The van der Waals surface area contributed by atoms with E-state index in [1.807, 2.05) is 0 Å². The van der Waals surface area contributed by atoms with Gasteiger partial charge in [0.2, 0.25) is 0 Å². The van der Waals surface area contributed by atoms with Crippen molar-refractivity contribution in [2.24, 2.45) is 0 Å². The van der Waals surface area contributed by atoms with Crippen molar-refractivity contribution in [3.8, 4) is 0 Å². The molecule has 0 atom stereocenters. The van der Waals surface area contributed by atoms with Crippen LogP contribution in [0.3, 0.4) is 0 Å². The van der Waals surface area contributed by atoms with Crippen LogP contribution in [0.15, 0.2) is 0 Å². The molecule has 0 rings (SSSR count). The number of alkyl halides is 1. The zero-order valence-corrected chi connectivity index (χ0v) is 9.42. The highest BCUT2D eigenvalue weighted by Crippen LogP contribution is 1.91. The van der Waals surface area contributed by atoms with Crippen LogP contribution in [0.4, 0.5) is 0 Å². The lowest BCUT2D eigenvalue weighted by Crippen LogP contribution is -2.37. The first-order valence-electron chi connectivity index (χ1n) is 4.42. The minimum atomic E-state index is -3.31. The Labute approximate surface area is 85.2 Å². The summed E-state index contributed by atoms with van der Waals surface area (Å²) in [6.07, 6.45) is 2.99.